The summed E-state index contributed by atoms with van der Waals surface area (Å²) in [6.45, 7) is 5.73. The van der Waals surface area contributed by atoms with Crippen LogP contribution in [0.1, 0.15) is 37.7 Å². The zero-order valence-electron chi connectivity index (χ0n) is 13.7. The molecule has 1 fully saturated rings. The van der Waals surface area contributed by atoms with Crippen LogP contribution >= 0.6 is 0 Å². The van der Waals surface area contributed by atoms with E-state index in [-0.39, 0.29) is 6.54 Å². The molecule has 0 bridgehead atoms. The third-order valence-electron chi connectivity index (χ3n) is 4.81. The van der Waals surface area contributed by atoms with Gasteiger partial charge in [0, 0.05) is 6.04 Å². The molecule has 1 saturated heterocycles. The molecule has 0 spiro atoms. The summed E-state index contributed by atoms with van der Waals surface area (Å²) >= 11 is 0. The summed E-state index contributed by atoms with van der Waals surface area (Å²) in [4.78, 5) is 15.3. The van der Waals surface area contributed by atoms with E-state index in [1.54, 1.807) is 0 Å². The molecule has 22 heavy (non-hydrogen) atoms. The summed E-state index contributed by atoms with van der Waals surface area (Å²) < 4.78 is 0. The maximum absolute atomic E-state index is 10.8. The standard InChI is InChI=1S/C18H28N2O2/c1-15(16-6-4-3-5-7-16)8-11-20-12-9-17(10-13-20)19(2)14-18(21)22/h3-7,15,17H,8-14H2,1-2H3,(H,21,22). The van der Waals surface area contributed by atoms with Crippen LogP contribution in [0.25, 0.3) is 0 Å². The highest BCUT2D eigenvalue weighted by Gasteiger charge is 2.23. The average molecular weight is 304 g/mol. The summed E-state index contributed by atoms with van der Waals surface area (Å²) in [5.41, 5.74) is 1.42. The van der Waals surface area contributed by atoms with Crippen molar-refractivity contribution in [2.24, 2.45) is 0 Å². The fourth-order valence-electron chi connectivity index (χ4n) is 3.25. The first-order valence-corrected chi connectivity index (χ1v) is 8.25. The smallest absolute Gasteiger partial charge is 0.317 e. The molecule has 1 unspecified atom stereocenters. The van der Waals surface area contributed by atoms with E-state index in [2.05, 4.69) is 42.2 Å². The van der Waals surface area contributed by atoms with Crippen molar-refractivity contribution in [3.8, 4) is 0 Å². The number of carboxylic acid groups (broad SMARTS) is 1. The van der Waals surface area contributed by atoms with Crippen LogP contribution in [0.15, 0.2) is 30.3 Å². The second-order valence-electron chi connectivity index (χ2n) is 6.48. The number of hydrogen-bond donors (Lipinski definition) is 1. The molecule has 1 aliphatic heterocycles. The molecular formula is C18H28N2O2. The second-order valence-corrected chi connectivity index (χ2v) is 6.48. The molecule has 0 radical (unpaired) electrons. The minimum Gasteiger partial charge on any atom is -0.480 e. The molecule has 4 heteroatoms. The Balaban J connectivity index is 1.70. The zero-order valence-corrected chi connectivity index (χ0v) is 13.7. The average Bonchev–Trinajstić information content (AvgIpc) is 2.53. The Labute approximate surface area is 133 Å². The molecule has 0 aliphatic carbocycles. The molecule has 1 N–H and O–H groups in total. The van der Waals surface area contributed by atoms with Gasteiger partial charge in [-0.15, -0.1) is 0 Å². The summed E-state index contributed by atoms with van der Waals surface area (Å²) in [6.07, 6.45) is 3.33. The van der Waals surface area contributed by atoms with Crippen LogP contribution in [0.5, 0.6) is 0 Å². The normalized spacial score (nSPS) is 18.5. The molecule has 1 heterocycles. The zero-order chi connectivity index (χ0) is 15.9. The van der Waals surface area contributed by atoms with Gasteiger partial charge in [0.25, 0.3) is 0 Å². The van der Waals surface area contributed by atoms with E-state index >= 15 is 0 Å². The van der Waals surface area contributed by atoms with E-state index in [1.165, 1.54) is 12.0 Å². The summed E-state index contributed by atoms with van der Waals surface area (Å²) in [6, 6.07) is 11.1. The lowest BCUT2D eigenvalue weighted by Gasteiger charge is -2.36. The second kappa shape index (κ2) is 8.30. The monoisotopic (exact) mass is 304 g/mol. The molecular weight excluding hydrogens is 276 g/mol. The maximum atomic E-state index is 10.8. The number of carbonyl (C=O) groups is 1. The van der Waals surface area contributed by atoms with Crippen LogP contribution in [0, 0.1) is 0 Å². The number of nitrogens with zero attached hydrogens (tertiary/aromatic N) is 2. The third-order valence-corrected chi connectivity index (χ3v) is 4.81. The lowest BCUT2D eigenvalue weighted by molar-refractivity contribution is -0.138. The van der Waals surface area contributed by atoms with Crippen molar-refractivity contribution in [2.75, 3.05) is 33.2 Å². The number of likely N-dealkylation sites (N-methyl/N-ethyl adjacent to an activating group) is 1. The lowest BCUT2D eigenvalue weighted by Crippen LogP contribution is -2.45. The SMILES string of the molecule is CC(CCN1CCC(N(C)CC(=O)O)CC1)c1ccccc1. The van der Waals surface area contributed by atoms with Gasteiger partial charge in [-0.25, -0.2) is 0 Å². The number of rotatable bonds is 7. The van der Waals surface area contributed by atoms with E-state index in [0.29, 0.717) is 12.0 Å². The van der Waals surface area contributed by atoms with Gasteiger partial charge in [-0.05, 0) is 57.4 Å². The highest BCUT2D eigenvalue weighted by atomic mass is 16.4. The highest BCUT2D eigenvalue weighted by Crippen LogP contribution is 2.21. The summed E-state index contributed by atoms with van der Waals surface area (Å²) in [5, 5.41) is 8.87. The van der Waals surface area contributed by atoms with Gasteiger partial charge in [-0.2, -0.15) is 0 Å². The fourth-order valence-corrected chi connectivity index (χ4v) is 3.25. The van der Waals surface area contributed by atoms with Crippen molar-refractivity contribution in [3.63, 3.8) is 0 Å². The molecule has 122 valence electrons. The van der Waals surface area contributed by atoms with Gasteiger partial charge in [-0.1, -0.05) is 37.3 Å². The number of aliphatic carboxylic acids is 1. The van der Waals surface area contributed by atoms with Gasteiger partial charge in [0.05, 0.1) is 6.54 Å². The van der Waals surface area contributed by atoms with Crippen molar-refractivity contribution in [3.05, 3.63) is 35.9 Å². The highest BCUT2D eigenvalue weighted by molar-refractivity contribution is 5.69. The van der Waals surface area contributed by atoms with Gasteiger partial charge < -0.3 is 10.0 Å². The van der Waals surface area contributed by atoms with Crippen LogP contribution in [0.3, 0.4) is 0 Å². The van der Waals surface area contributed by atoms with Crippen molar-refractivity contribution in [1.29, 1.82) is 0 Å². The molecule has 1 aromatic rings. The minimum atomic E-state index is -0.735. The van der Waals surface area contributed by atoms with E-state index in [9.17, 15) is 4.79 Å². The first-order chi connectivity index (χ1) is 10.6. The van der Waals surface area contributed by atoms with Crippen LogP contribution in [-0.2, 0) is 4.79 Å². The Morgan fingerprint density at radius 2 is 1.95 bits per heavy atom. The van der Waals surface area contributed by atoms with Crippen LogP contribution in [0.2, 0.25) is 0 Å². The van der Waals surface area contributed by atoms with Gasteiger partial charge in [0.2, 0.25) is 0 Å². The number of benzene rings is 1. The van der Waals surface area contributed by atoms with Crippen molar-refractivity contribution in [2.45, 2.75) is 38.1 Å². The molecule has 0 aromatic heterocycles. The molecule has 4 nitrogen and oxygen atoms in total. The van der Waals surface area contributed by atoms with Gasteiger partial charge in [-0.3, -0.25) is 9.69 Å². The molecule has 0 amide bonds. The number of likely N-dealkylation sites (tertiary alicyclic amines) is 1. The number of carboxylic acids is 1. The summed E-state index contributed by atoms with van der Waals surface area (Å²) in [5.74, 6) is -0.143. The minimum absolute atomic E-state index is 0.149. The van der Waals surface area contributed by atoms with Crippen LogP contribution < -0.4 is 0 Å². The van der Waals surface area contributed by atoms with E-state index in [4.69, 9.17) is 5.11 Å². The van der Waals surface area contributed by atoms with Crippen LogP contribution in [0.4, 0.5) is 0 Å². The predicted molar refractivity (Wildman–Crippen MR) is 89.2 cm³/mol. The third kappa shape index (κ3) is 5.11. The molecule has 0 saturated carbocycles. The van der Waals surface area contributed by atoms with E-state index in [1.807, 2.05) is 11.9 Å². The maximum Gasteiger partial charge on any atom is 0.317 e. The van der Waals surface area contributed by atoms with Crippen molar-refractivity contribution in [1.82, 2.24) is 9.80 Å². The van der Waals surface area contributed by atoms with Crippen molar-refractivity contribution < 1.29 is 9.90 Å². The van der Waals surface area contributed by atoms with Gasteiger partial charge in [0.15, 0.2) is 0 Å². The Hall–Kier alpha value is -1.39. The van der Waals surface area contributed by atoms with E-state index in [0.717, 1.165) is 32.5 Å². The molecule has 1 aliphatic rings. The lowest BCUT2D eigenvalue weighted by atomic mass is 9.96. The largest absolute Gasteiger partial charge is 0.480 e. The Kier molecular flexibility index (Phi) is 6.40. The number of hydrogen-bond acceptors (Lipinski definition) is 3. The topological polar surface area (TPSA) is 43.8 Å². The predicted octanol–water partition coefficient (Wildman–Crippen LogP) is 2.66. The van der Waals surface area contributed by atoms with Crippen LogP contribution in [-0.4, -0.2) is 60.1 Å². The quantitative estimate of drug-likeness (QED) is 0.841. The van der Waals surface area contributed by atoms with Crippen molar-refractivity contribution >= 4 is 5.97 Å². The molecule has 2 rings (SSSR count). The first-order valence-electron chi connectivity index (χ1n) is 8.25. The Morgan fingerprint density at radius 1 is 1.32 bits per heavy atom. The first kappa shape index (κ1) is 17.0. The summed E-state index contributed by atoms with van der Waals surface area (Å²) in [7, 11) is 1.92. The van der Waals surface area contributed by atoms with Gasteiger partial charge >= 0.3 is 5.97 Å². The Bertz CT molecular complexity index is 455. The fraction of sp³-hybridized carbons (Fsp3) is 0.611. The molecule has 1 aromatic carbocycles. The van der Waals surface area contributed by atoms with Gasteiger partial charge in [0.1, 0.15) is 0 Å². The number of piperidine rings is 1. The molecule has 1 atom stereocenters. The Morgan fingerprint density at radius 3 is 2.55 bits per heavy atom. The van der Waals surface area contributed by atoms with E-state index < -0.39 is 5.97 Å².